The molecule has 2 aromatic rings. The summed E-state index contributed by atoms with van der Waals surface area (Å²) in [4.78, 5) is 4.28. The van der Waals surface area contributed by atoms with E-state index in [0.717, 1.165) is 23.4 Å². The zero-order valence-electron chi connectivity index (χ0n) is 12.3. The van der Waals surface area contributed by atoms with Crippen molar-refractivity contribution in [1.29, 1.82) is 0 Å². The Labute approximate surface area is 146 Å². The molecular formula is C15H19IN4O2. The van der Waals surface area contributed by atoms with E-state index in [-0.39, 0.29) is 30.0 Å². The summed E-state index contributed by atoms with van der Waals surface area (Å²) in [6, 6.07) is 9.93. The van der Waals surface area contributed by atoms with E-state index in [2.05, 4.69) is 15.5 Å². The number of aromatic nitrogens is 1. The highest BCUT2D eigenvalue weighted by atomic mass is 127. The van der Waals surface area contributed by atoms with E-state index in [1.807, 2.05) is 37.3 Å². The summed E-state index contributed by atoms with van der Waals surface area (Å²) in [5, 5.41) is 7.06. The molecule has 0 amide bonds. The van der Waals surface area contributed by atoms with Gasteiger partial charge in [-0.25, -0.2) is 4.99 Å². The van der Waals surface area contributed by atoms with Gasteiger partial charge in [0.2, 0.25) is 0 Å². The van der Waals surface area contributed by atoms with Crippen LogP contribution in [0, 0.1) is 6.92 Å². The molecule has 6 nitrogen and oxygen atoms in total. The highest BCUT2D eigenvalue weighted by Crippen LogP contribution is 2.31. The van der Waals surface area contributed by atoms with Gasteiger partial charge in [-0.3, -0.25) is 0 Å². The largest absolute Gasteiger partial charge is 0.493 e. The minimum absolute atomic E-state index is 0. The molecule has 0 saturated heterocycles. The molecule has 0 spiro atoms. The maximum absolute atomic E-state index is 5.95. The fourth-order valence-corrected chi connectivity index (χ4v) is 2.37. The molecule has 1 aromatic carbocycles. The van der Waals surface area contributed by atoms with Crippen LogP contribution in [0.4, 0.5) is 0 Å². The van der Waals surface area contributed by atoms with Gasteiger partial charge >= 0.3 is 0 Å². The first kappa shape index (κ1) is 16.6. The minimum atomic E-state index is 0. The maximum atomic E-state index is 5.95. The second-order valence-electron chi connectivity index (χ2n) is 5.01. The summed E-state index contributed by atoms with van der Waals surface area (Å²) in [6.07, 6.45) is 0.856. The molecule has 0 aliphatic carbocycles. The molecule has 22 heavy (non-hydrogen) atoms. The smallest absolute Gasteiger partial charge is 0.189 e. The first-order valence-corrected chi connectivity index (χ1v) is 6.93. The molecule has 0 saturated carbocycles. The first-order valence-electron chi connectivity index (χ1n) is 6.93. The fourth-order valence-electron chi connectivity index (χ4n) is 2.37. The Kier molecular flexibility index (Phi) is 5.64. The lowest BCUT2D eigenvalue weighted by Gasteiger charge is -2.26. The van der Waals surface area contributed by atoms with Gasteiger partial charge in [0, 0.05) is 18.1 Å². The molecule has 1 aliphatic rings. The maximum Gasteiger partial charge on any atom is 0.189 e. The fraction of sp³-hybridized carbons (Fsp3) is 0.333. The lowest BCUT2D eigenvalue weighted by Crippen LogP contribution is -2.37. The van der Waals surface area contributed by atoms with Crippen LogP contribution in [-0.2, 0) is 6.54 Å². The number of benzene rings is 1. The van der Waals surface area contributed by atoms with E-state index < -0.39 is 0 Å². The number of hydrogen-bond acceptors (Lipinski definition) is 4. The Morgan fingerprint density at radius 3 is 3.05 bits per heavy atom. The van der Waals surface area contributed by atoms with Crippen molar-refractivity contribution in [3.63, 3.8) is 0 Å². The molecule has 0 bridgehead atoms. The predicted molar refractivity (Wildman–Crippen MR) is 94.4 cm³/mol. The van der Waals surface area contributed by atoms with Crippen molar-refractivity contribution in [2.24, 2.45) is 10.7 Å². The normalized spacial score (nSPS) is 17.1. The van der Waals surface area contributed by atoms with Gasteiger partial charge in [0.25, 0.3) is 0 Å². The van der Waals surface area contributed by atoms with Crippen LogP contribution in [0.1, 0.15) is 29.5 Å². The SMILES string of the molecule is Cc1cc(CN=C(N)NC2CCOc3ccccc32)on1.I. The Hall–Kier alpha value is -1.77. The third-order valence-corrected chi connectivity index (χ3v) is 3.36. The Morgan fingerprint density at radius 2 is 2.27 bits per heavy atom. The van der Waals surface area contributed by atoms with Gasteiger partial charge in [0.1, 0.15) is 12.3 Å². The monoisotopic (exact) mass is 414 g/mol. The minimum Gasteiger partial charge on any atom is -0.493 e. The van der Waals surface area contributed by atoms with E-state index in [0.29, 0.717) is 24.9 Å². The standard InChI is InChI=1S/C15H18N4O2.HI/c1-10-8-11(21-19-10)9-17-15(16)18-13-6-7-20-14-5-3-2-4-12(13)14;/h2-5,8,13H,6-7,9H2,1H3,(H3,16,17,18);1H. The van der Waals surface area contributed by atoms with Crippen molar-refractivity contribution in [1.82, 2.24) is 10.5 Å². The van der Waals surface area contributed by atoms with Gasteiger partial charge < -0.3 is 20.3 Å². The third kappa shape index (κ3) is 3.90. The molecule has 0 fully saturated rings. The Bertz CT molecular complexity index is 656. The van der Waals surface area contributed by atoms with Crippen LogP contribution in [0.15, 0.2) is 39.8 Å². The topological polar surface area (TPSA) is 85.7 Å². The van der Waals surface area contributed by atoms with Crippen molar-refractivity contribution in [2.45, 2.75) is 25.9 Å². The zero-order valence-corrected chi connectivity index (χ0v) is 14.6. The molecule has 118 valence electrons. The van der Waals surface area contributed by atoms with Crippen LogP contribution in [0.3, 0.4) is 0 Å². The molecule has 1 aliphatic heterocycles. The van der Waals surface area contributed by atoms with Crippen molar-refractivity contribution < 1.29 is 9.26 Å². The number of hydrogen-bond donors (Lipinski definition) is 2. The molecular weight excluding hydrogens is 395 g/mol. The summed E-state index contributed by atoms with van der Waals surface area (Å²) in [5.41, 5.74) is 7.90. The van der Waals surface area contributed by atoms with Gasteiger partial charge in [-0.1, -0.05) is 23.4 Å². The van der Waals surface area contributed by atoms with E-state index in [1.54, 1.807) is 0 Å². The number of guanidine groups is 1. The molecule has 2 heterocycles. The van der Waals surface area contributed by atoms with Crippen LogP contribution in [0.25, 0.3) is 0 Å². The first-order chi connectivity index (χ1) is 10.2. The van der Waals surface area contributed by atoms with Crippen molar-refractivity contribution >= 4 is 29.9 Å². The highest BCUT2D eigenvalue weighted by molar-refractivity contribution is 14.0. The molecule has 7 heteroatoms. The van der Waals surface area contributed by atoms with Crippen molar-refractivity contribution in [2.75, 3.05) is 6.61 Å². The number of rotatable bonds is 3. The number of nitrogens with one attached hydrogen (secondary N) is 1. The average Bonchev–Trinajstić information content (AvgIpc) is 2.91. The number of nitrogens with two attached hydrogens (primary N) is 1. The zero-order chi connectivity index (χ0) is 14.7. The molecule has 3 N–H and O–H groups in total. The summed E-state index contributed by atoms with van der Waals surface area (Å²) >= 11 is 0. The van der Waals surface area contributed by atoms with Crippen molar-refractivity contribution in [3.8, 4) is 5.75 Å². The van der Waals surface area contributed by atoms with Gasteiger partial charge in [-0.05, 0) is 13.0 Å². The number of aryl methyl sites for hydroxylation is 1. The summed E-state index contributed by atoms with van der Waals surface area (Å²) in [6.45, 7) is 2.92. The average molecular weight is 414 g/mol. The number of ether oxygens (including phenoxy) is 1. The van der Waals surface area contributed by atoms with Crippen LogP contribution in [0.2, 0.25) is 0 Å². The third-order valence-electron chi connectivity index (χ3n) is 3.36. The highest BCUT2D eigenvalue weighted by Gasteiger charge is 2.21. The Morgan fingerprint density at radius 1 is 1.45 bits per heavy atom. The molecule has 1 unspecified atom stereocenters. The number of nitrogens with zero attached hydrogens (tertiary/aromatic N) is 2. The number of para-hydroxylation sites is 1. The second-order valence-corrected chi connectivity index (χ2v) is 5.01. The van der Waals surface area contributed by atoms with Gasteiger partial charge in [0.05, 0.1) is 18.3 Å². The van der Waals surface area contributed by atoms with E-state index >= 15 is 0 Å². The van der Waals surface area contributed by atoms with Gasteiger partial charge in [-0.15, -0.1) is 24.0 Å². The van der Waals surface area contributed by atoms with E-state index in [1.165, 1.54) is 0 Å². The summed E-state index contributed by atoms with van der Waals surface area (Å²) in [7, 11) is 0. The number of fused-ring (bicyclic) bond motifs is 1. The van der Waals surface area contributed by atoms with Gasteiger partial charge in [-0.2, -0.15) is 0 Å². The molecule has 1 atom stereocenters. The second kappa shape index (κ2) is 7.48. The van der Waals surface area contributed by atoms with Gasteiger partial charge in [0.15, 0.2) is 11.7 Å². The van der Waals surface area contributed by atoms with Crippen LogP contribution < -0.4 is 15.8 Å². The molecule has 1 aromatic heterocycles. The van der Waals surface area contributed by atoms with Crippen LogP contribution in [-0.4, -0.2) is 17.7 Å². The molecule has 3 rings (SSSR count). The number of halogens is 1. The predicted octanol–water partition coefficient (Wildman–Crippen LogP) is 2.53. The Balaban J connectivity index is 0.00000176. The van der Waals surface area contributed by atoms with E-state index in [9.17, 15) is 0 Å². The van der Waals surface area contributed by atoms with E-state index in [4.69, 9.17) is 15.0 Å². The molecule has 0 radical (unpaired) electrons. The van der Waals surface area contributed by atoms with Crippen molar-refractivity contribution in [3.05, 3.63) is 47.3 Å². The number of aliphatic imine (C=N–C) groups is 1. The quantitative estimate of drug-likeness (QED) is 0.458. The van der Waals surface area contributed by atoms with Crippen LogP contribution in [0.5, 0.6) is 5.75 Å². The lowest BCUT2D eigenvalue weighted by molar-refractivity contribution is 0.262. The van der Waals surface area contributed by atoms with Crippen LogP contribution >= 0.6 is 24.0 Å². The lowest BCUT2D eigenvalue weighted by atomic mass is 10.0. The summed E-state index contributed by atoms with van der Waals surface area (Å²) in [5.74, 6) is 2.00. The summed E-state index contributed by atoms with van der Waals surface area (Å²) < 4.78 is 10.7.